The van der Waals surface area contributed by atoms with Crippen molar-refractivity contribution in [1.82, 2.24) is 0 Å². The highest BCUT2D eigenvalue weighted by molar-refractivity contribution is 5.75. The van der Waals surface area contributed by atoms with Gasteiger partial charge in [0.1, 0.15) is 5.75 Å². The van der Waals surface area contributed by atoms with Gasteiger partial charge >= 0.3 is 5.97 Å². The third kappa shape index (κ3) is 9.19. The summed E-state index contributed by atoms with van der Waals surface area (Å²) in [5.41, 5.74) is 6.58. The van der Waals surface area contributed by atoms with Crippen molar-refractivity contribution >= 4 is 5.97 Å². The largest absolute Gasteiger partial charge is 0.508 e. The van der Waals surface area contributed by atoms with Gasteiger partial charge in [0.15, 0.2) is 6.79 Å². The Labute approximate surface area is 254 Å². The van der Waals surface area contributed by atoms with E-state index in [1.54, 1.807) is 23.3 Å². The number of phenols is 1. The maximum Gasteiger partial charge on any atom is 0.313 e. The Hall–Kier alpha value is -3.11. The molecule has 0 aromatic heterocycles. The quantitative estimate of drug-likeness (QED) is 0.226. The molecule has 0 amide bonds. The molecule has 0 spiro atoms. The molecule has 4 atom stereocenters. The second-order valence-electron chi connectivity index (χ2n) is 12.6. The molecular formula is C38H52O4. The minimum absolute atomic E-state index is 0.0429. The monoisotopic (exact) mass is 572 g/mol. The van der Waals surface area contributed by atoms with Gasteiger partial charge in [-0.05, 0) is 110 Å². The third-order valence-electron chi connectivity index (χ3n) is 9.23. The van der Waals surface area contributed by atoms with Crippen LogP contribution in [0.4, 0.5) is 0 Å². The number of aromatic hydroxyl groups is 1. The van der Waals surface area contributed by atoms with E-state index in [-0.39, 0.29) is 18.9 Å². The Morgan fingerprint density at radius 2 is 1.55 bits per heavy atom. The zero-order valence-electron chi connectivity index (χ0n) is 26.9. The Morgan fingerprint density at radius 3 is 2.17 bits per heavy atom. The number of rotatable bonds is 7. The van der Waals surface area contributed by atoms with Gasteiger partial charge in [-0.2, -0.15) is 0 Å². The molecule has 42 heavy (non-hydrogen) atoms. The molecule has 228 valence electrons. The highest BCUT2D eigenvalue weighted by Crippen LogP contribution is 2.36. The average Bonchev–Trinajstić information content (AvgIpc) is 3.30. The summed E-state index contributed by atoms with van der Waals surface area (Å²) in [6.45, 7) is 14.8. The highest BCUT2D eigenvalue weighted by Gasteiger charge is 2.28. The summed E-state index contributed by atoms with van der Waals surface area (Å²) in [4.78, 5) is 11.9. The Bertz CT molecular complexity index is 1250. The molecule has 5 rings (SSSR count). The number of carbonyl (C=O) groups is 1. The molecule has 1 N–H and O–H groups in total. The predicted octanol–water partition coefficient (Wildman–Crippen LogP) is 9.91. The van der Waals surface area contributed by atoms with Crippen molar-refractivity contribution in [2.24, 2.45) is 11.3 Å². The maximum absolute atomic E-state index is 11.9. The summed E-state index contributed by atoms with van der Waals surface area (Å²) in [5.74, 6) is 2.36. The van der Waals surface area contributed by atoms with Crippen molar-refractivity contribution < 1.29 is 19.4 Å². The van der Waals surface area contributed by atoms with Crippen LogP contribution >= 0.6 is 0 Å². The van der Waals surface area contributed by atoms with Crippen LogP contribution in [0.2, 0.25) is 0 Å². The van der Waals surface area contributed by atoms with Gasteiger partial charge in [0.05, 0.1) is 11.5 Å². The molecule has 4 nitrogen and oxygen atoms in total. The van der Waals surface area contributed by atoms with Crippen molar-refractivity contribution in [2.75, 3.05) is 6.79 Å². The number of ether oxygens (including phenoxy) is 2. The lowest BCUT2D eigenvalue weighted by atomic mass is 9.89. The van der Waals surface area contributed by atoms with Crippen LogP contribution in [0.15, 0.2) is 72.8 Å². The van der Waals surface area contributed by atoms with Crippen molar-refractivity contribution in [3.05, 3.63) is 101 Å². The van der Waals surface area contributed by atoms with Gasteiger partial charge in [0.25, 0.3) is 0 Å². The van der Waals surface area contributed by atoms with E-state index in [2.05, 4.69) is 70.2 Å². The fourth-order valence-corrected chi connectivity index (χ4v) is 5.42. The molecule has 0 bridgehead atoms. The number of hydrogen-bond donors (Lipinski definition) is 1. The molecule has 0 aliphatic heterocycles. The molecule has 0 radical (unpaired) electrons. The summed E-state index contributed by atoms with van der Waals surface area (Å²) >= 11 is 0. The molecule has 3 aromatic carbocycles. The van der Waals surface area contributed by atoms with Crippen LogP contribution in [0.5, 0.6) is 5.75 Å². The minimum atomic E-state index is -0.437. The van der Waals surface area contributed by atoms with E-state index in [0.29, 0.717) is 11.7 Å². The normalized spacial score (nSPS) is 19.6. The van der Waals surface area contributed by atoms with Crippen LogP contribution in [-0.2, 0) is 27.1 Å². The molecule has 0 saturated carbocycles. The van der Waals surface area contributed by atoms with Crippen molar-refractivity contribution in [1.29, 1.82) is 0 Å². The first-order valence-electron chi connectivity index (χ1n) is 15.8. The second kappa shape index (κ2) is 15.9. The maximum atomic E-state index is 11.9. The average molecular weight is 573 g/mol. The zero-order chi connectivity index (χ0) is 30.7. The van der Waals surface area contributed by atoms with Gasteiger partial charge in [-0.15, -0.1) is 0 Å². The molecule has 0 heterocycles. The smallest absolute Gasteiger partial charge is 0.313 e. The van der Waals surface area contributed by atoms with Crippen molar-refractivity contribution in [3.8, 4) is 5.75 Å². The molecule has 2 aliphatic carbocycles. The first kappa shape index (κ1) is 33.4. The fraction of sp³-hybridized carbons (Fsp3) is 0.500. The van der Waals surface area contributed by atoms with Gasteiger partial charge in [-0.3, -0.25) is 4.79 Å². The molecular weight excluding hydrogens is 520 g/mol. The van der Waals surface area contributed by atoms with Gasteiger partial charge < -0.3 is 14.6 Å². The van der Waals surface area contributed by atoms with Crippen LogP contribution in [-0.4, -0.2) is 17.9 Å². The molecule has 0 saturated heterocycles. The summed E-state index contributed by atoms with van der Waals surface area (Å²) in [6.07, 6.45) is 6.46. The van der Waals surface area contributed by atoms with E-state index in [1.165, 1.54) is 23.1 Å². The van der Waals surface area contributed by atoms with E-state index in [4.69, 9.17) is 14.6 Å². The molecule has 3 aromatic rings. The minimum Gasteiger partial charge on any atom is -0.508 e. The summed E-state index contributed by atoms with van der Waals surface area (Å²) in [5, 5.41) is 9.01. The van der Waals surface area contributed by atoms with E-state index in [0.717, 1.165) is 43.9 Å². The van der Waals surface area contributed by atoms with Crippen LogP contribution in [0.25, 0.3) is 0 Å². The molecule has 4 heteroatoms. The number of esters is 1. The zero-order valence-corrected chi connectivity index (χ0v) is 26.9. The fourth-order valence-electron chi connectivity index (χ4n) is 5.42. The number of aryl methyl sites for hydroxylation is 1. The summed E-state index contributed by atoms with van der Waals surface area (Å²) in [6, 6.07) is 24.6. The summed E-state index contributed by atoms with van der Waals surface area (Å²) < 4.78 is 11.0. The SMILES string of the molecule is CC1Cc2ccccc2C1C.CCC(C)(C)C(=O)OCOC1CCCc2ccccc21.CCC(C)c1ccc(O)cc1. The van der Waals surface area contributed by atoms with Crippen LogP contribution in [0.3, 0.4) is 0 Å². The Kier molecular flexibility index (Phi) is 12.7. The van der Waals surface area contributed by atoms with Crippen LogP contribution in [0.1, 0.15) is 120 Å². The van der Waals surface area contributed by atoms with E-state index < -0.39 is 5.41 Å². The number of benzene rings is 3. The van der Waals surface area contributed by atoms with Crippen molar-refractivity contribution in [3.63, 3.8) is 0 Å². The van der Waals surface area contributed by atoms with Gasteiger partial charge in [0, 0.05) is 0 Å². The lowest BCUT2D eigenvalue weighted by Crippen LogP contribution is -2.27. The highest BCUT2D eigenvalue weighted by atomic mass is 16.7. The number of carbonyl (C=O) groups excluding carboxylic acids is 1. The first-order valence-corrected chi connectivity index (χ1v) is 15.8. The summed E-state index contributed by atoms with van der Waals surface area (Å²) in [7, 11) is 0. The molecule has 4 unspecified atom stereocenters. The number of fused-ring (bicyclic) bond motifs is 2. The Morgan fingerprint density at radius 1 is 0.929 bits per heavy atom. The van der Waals surface area contributed by atoms with Gasteiger partial charge in [0.2, 0.25) is 0 Å². The lowest BCUT2D eigenvalue weighted by Gasteiger charge is -2.26. The van der Waals surface area contributed by atoms with Crippen LogP contribution in [0, 0.1) is 11.3 Å². The predicted molar refractivity (Wildman–Crippen MR) is 173 cm³/mol. The first-order chi connectivity index (χ1) is 20.1. The van der Waals surface area contributed by atoms with Crippen molar-refractivity contribution in [2.45, 2.75) is 105 Å². The van der Waals surface area contributed by atoms with Gasteiger partial charge in [-0.25, -0.2) is 0 Å². The van der Waals surface area contributed by atoms with E-state index >= 15 is 0 Å². The Balaban J connectivity index is 0.000000187. The van der Waals surface area contributed by atoms with Crippen LogP contribution < -0.4 is 0 Å². The van der Waals surface area contributed by atoms with Gasteiger partial charge in [-0.1, -0.05) is 95.3 Å². The topological polar surface area (TPSA) is 55.8 Å². The lowest BCUT2D eigenvalue weighted by molar-refractivity contribution is -0.172. The standard InChI is InChI=1S/C17H24O3.C11H14.C10H14O/c1-4-17(2,3)16(18)20-12-19-15-11-7-9-13-8-5-6-10-14(13)15;1-8-7-10-5-3-4-6-11(10)9(8)2;1-3-8(2)9-4-6-10(11)7-5-9/h5-6,8,10,15H,4,7,9,11-12H2,1-3H3;3-6,8-9H,7H2,1-2H3;4-8,11H,3H2,1-2H3. The molecule has 0 fully saturated rings. The third-order valence-corrected chi connectivity index (χ3v) is 9.23. The molecule has 2 aliphatic rings. The van der Waals surface area contributed by atoms with E-state index in [9.17, 15) is 4.79 Å². The number of hydrogen-bond acceptors (Lipinski definition) is 4. The second-order valence-corrected chi connectivity index (χ2v) is 12.6. The number of phenolic OH excluding ortho intramolecular Hbond substituents is 1. The van der Waals surface area contributed by atoms with E-state index in [1.807, 2.05) is 39.0 Å².